The van der Waals surface area contributed by atoms with Crippen molar-refractivity contribution in [2.45, 2.75) is 38.7 Å². The van der Waals surface area contributed by atoms with E-state index < -0.39 is 33.8 Å². The average Bonchev–Trinajstić information content (AvgIpc) is 2.59. The number of amides is 1. The van der Waals surface area contributed by atoms with Crippen molar-refractivity contribution in [1.29, 1.82) is 0 Å². The molecule has 2 aromatic carbocycles. The van der Waals surface area contributed by atoms with Crippen LogP contribution in [0, 0.1) is 26.6 Å². The summed E-state index contributed by atoms with van der Waals surface area (Å²) in [6, 6.07) is 6.74. The fraction of sp³-hybridized carbons (Fsp3) is 0.263. The Morgan fingerprint density at radius 3 is 2.32 bits per heavy atom. The van der Waals surface area contributed by atoms with Gasteiger partial charge in [0.2, 0.25) is 10.0 Å². The lowest BCUT2D eigenvalue weighted by atomic mass is 10.1. The number of hydrogen-bond acceptors (Lipinski definition) is 5. The number of esters is 1. The highest BCUT2D eigenvalue weighted by Gasteiger charge is 2.22. The van der Waals surface area contributed by atoms with E-state index in [9.17, 15) is 22.4 Å². The minimum Gasteiger partial charge on any atom is -0.449 e. The topological polar surface area (TPSA) is 116 Å². The van der Waals surface area contributed by atoms with Gasteiger partial charge in [-0.1, -0.05) is 6.07 Å². The molecule has 7 nitrogen and oxygen atoms in total. The van der Waals surface area contributed by atoms with Crippen LogP contribution in [0.15, 0.2) is 35.2 Å². The molecule has 0 saturated carbocycles. The fourth-order valence-corrected chi connectivity index (χ4v) is 3.32. The molecule has 0 aliphatic rings. The number of nitrogens with two attached hydrogens (primary N) is 1. The number of aryl methyl sites for hydroxylation is 2. The summed E-state index contributed by atoms with van der Waals surface area (Å²) in [5.41, 5.74) is 1.56. The van der Waals surface area contributed by atoms with Gasteiger partial charge in [0, 0.05) is 5.69 Å². The highest BCUT2D eigenvalue weighted by molar-refractivity contribution is 7.89. The van der Waals surface area contributed by atoms with Crippen molar-refractivity contribution in [2.24, 2.45) is 5.14 Å². The summed E-state index contributed by atoms with van der Waals surface area (Å²) in [5, 5.41) is 7.63. The van der Waals surface area contributed by atoms with Gasteiger partial charge in [0.05, 0.1) is 10.5 Å². The number of primary sulfonamides is 1. The van der Waals surface area contributed by atoms with Gasteiger partial charge >= 0.3 is 5.97 Å². The zero-order valence-corrected chi connectivity index (χ0v) is 16.7. The van der Waals surface area contributed by atoms with E-state index in [1.165, 1.54) is 25.1 Å². The molecule has 1 amide bonds. The summed E-state index contributed by atoms with van der Waals surface area (Å²) in [4.78, 5) is 24.4. The predicted octanol–water partition coefficient (Wildman–Crippen LogP) is 2.58. The number of halogens is 1. The van der Waals surface area contributed by atoms with Gasteiger partial charge in [-0.25, -0.2) is 22.7 Å². The summed E-state index contributed by atoms with van der Waals surface area (Å²) in [6.45, 7) is 6.13. The third-order valence-electron chi connectivity index (χ3n) is 4.25. The van der Waals surface area contributed by atoms with Crippen molar-refractivity contribution >= 4 is 27.6 Å². The van der Waals surface area contributed by atoms with E-state index in [2.05, 4.69) is 5.32 Å². The molecule has 2 rings (SSSR count). The Kier molecular flexibility index (Phi) is 6.20. The van der Waals surface area contributed by atoms with Crippen molar-refractivity contribution in [1.82, 2.24) is 0 Å². The third-order valence-corrected chi connectivity index (χ3v) is 5.29. The number of sulfonamides is 1. The average molecular weight is 408 g/mol. The second-order valence-electron chi connectivity index (χ2n) is 6.46. The molecule has 1 unspecified atom stereocenters. The first-order valence-electron chi connectivity index (χ1n) is 8.32. The number of benzene rings is 2. The van der Waals surface area contributed by atoms with E-state index in [4.69, 9.17) is 9.88 Å². The summed E-state index contributed by atoms with van der Waals surface area (Å²) in [7, 11) is -4.03. The summed E-state index contributed by atoms with van der Waals surface area (Å²) >= 11 is 0. The first-order valence-corrected chi connectivity index (χ1v) is 9.87. The first kappa shape index (κ1) is 21.5. The van der Waals surface area contributed by atoms with Crippen LogP contribution >= 0.6 is 0 Å². The van der Waals surface area contributed by atoms with E-state index in [0.717, 1.165) is 12.1 Å². The molecular formula is C19H21FN2O5S. The Balaban J connectivity index is 2.16. The van der Waals surface area contributed by atoms with Crippen molar-refractivity contribution in [3.05, 3.63) is 58.4 Å². The van der Waals surface area contributed by atoms with Crippen LogP contribution in [0.4, 0.5) is 10.1 Å². The maximum Gasteiger partial charge on any atom is 0.338 e. The molecule has 3 N–H and O–H groups in total. The van der Waals surface area contributed by atoms with E-state index in [-0.39, 0.29) is 16.1 Å². The number of nitrogens with one attached hydrogen (secondary N) is 1. The molecule has 150 valence electrons. The molecule has 0 saturated heterocycles. The smallest absolute Gasteiger partial charge is 0.338 e. The van der Waals surface area contributed by atoms with Gasteiger partial charge in [-0.2, -0.15) is 0 Å². The molecule has 0 radical (unpaired) electrons. The van der Waals surface area contributed by atoms with Crippen LogP contribution in [-0.4, -0.2) is 26.4 Å². The fourth-order valence-electron chi connectivity index (χ4n) is 2.44. The van der Waals surface area contributed by atoms with E-state index in [1.54, 1.807) is 20.8 Å². The van der Waals surface area contributed by atoms with Crippen LogP contribution in [-0.2, 0) is 19.6 Å². The molecule has 9 heteroatoms. The number of carbonyl (C=O) groups is 2. The Morgan fingerprint density at radius 1 is 1.11 bits per heavy atom. The molecule has 1 atom stereocenters. The minimum absolute atomic E-state index is 0.0480. The van der Waals surface area contributed by atoms with Gasteiger partial charge in [-0.05, 0) is 68.7 Å². The molecule has 0 heterocycles. The molecule has 0 fully saturated rings. The summed E-state index contributed by atoms with van der Waals surface area (Å²) in [5.74, 6) is -2.02. The van der Waals surface area contributed by atoms with Crippen LogP contribution in [0.25, 0.3) is 0 Å². The Labute approximate surface area is 162 Å². The Bertz CT molecular complexity index is 1050. The normalized spacial score (nSPS) is 12.4. The van der Waals surface area contributed by atoms with Crippen LogP contribution in [0.1, 0.15) is 34.0 Å². The molecule has 0 aliphatic heterocycles. The number of anilines is 1. The molecule has 0 bridgehead atoms. The second-order valence-corrected chi connectivity index (χ2v) is 7.99. The van der Waals surface area contributed by atoms with E-state index in [0.29, 0.717) is 16.7 Å². The maximum atomic E-state index is 13.6. The van der Waals surface area contributed by atoms with Crippen molar-refractivity contribution < 1.29 is 27.1 Å². The highest BCUT2D eigenvalue weighted by atomic mass is 32.2. The maximum absolute atomic E-state index is 13.6. The number of rotatable bonds is 5. The van der Waals surface area contributed by atoms with Gasteiger partial charge in [0.1, 0.15) is 5.82 Å². The van der Waals surface area contributed by atoms with E-state index >= 15 is 0 Å². The van der Waals surface area contributed by atoms with Crippen LogP contribution in [0.5, 0.6) is 0 Å². The lowest BCUT2D eigenvalue weighted by Crippen LogP contribution is -2.30. The van der Waals surface area contributed by atoms with Crippen molar-refractivity contribution in [2.75, 3.05) is 5.32 Å². The van der Waals surface area contributed by atoms with Gasteiger partial charge in [-0.3, -0.25) is 4.79 Å². The van der Waals surface area contributed by atoms with Crippen LogP contribution in [0.2, 0.25) is 0 Å². The zero-order valence-electron chi connectivity index (χ0n) is 15.9. The van der Waals surface area contributed by atoms with Crippen LogP contribution in [0.3, 0.4) is 0 Å². The highest BCUT2D eigenvalue weighted by Crippen LogP contribution is 2.21. The Hall–Kier alpha value is -2.78. The predicted molar refractivity (Wildman–Crippen MR) is 102 cm³/mol. The molecule has 0 aromatic heterocycles. The molecule has 0 spiro atoms. The SMILES string of the molecule is Cc1ccc(NC(=O)C(C)OC(=O)c2cc(C)c(C)c(S(N)(=O)=O)c2)cc1F. The van der Waals surface area contributed by atoms with E-state index in [1.807, 2.05) is 0 Å². The van der Waals surface area contributed by atoms with Gasteiger partial charge in [-0.15, -0.1) is 0 Å². The molecule has 2 aromatic rings. The number of ether oxygens (including phenoxy) is 1. The number of hydrogen-bond donors (Lipinski definition) is 2. The third kappa shape index (κ3) is 4.93. The zero-order chi connectivity index (χ0) is 21.2. The standard InChI is InChI=1S/C19H21FN2O5S/c1-10-5-6-15(9-16(10)20)22-18(23)13(4)27-19(24)14-7-11(2)12(3)17(8-14)28(21,25)26/h5-9,13H,1-4H3,(H,22,23)(H2,21,25,26). The molecular weight excluding hydrogens is 387 g/mol. The van der Waals surface area contributed by atoms with Crippen molar-refractivity contribution in [3.8, 4) is 0 Å². The summed E-state index contributed by atoms with van der Waals surface area (Å²) in [6.07, 6.45) is -1.20. The largest absolute Gasteiger partial charge is 0.449 e. The molecule has 28 heavy (non-hydrogen) atoms. The first-order chi connectivity index (χ1) is 12.9. The second kappa shape index (κ2) is 8.07. The van der Waals surface area contributed by atoms with Crippen molar-refractivity contribution in [3.63, 3.8) is 0 Å². The lowest BCUT2D eigenvalue weighted by molar-refractivity contribution is -0.123. The summed E-state index contributed by atoms with van der Waals surface area (Å²) < 4.78 is 42.1. The van der Waals surface area contributed by atoms with Gasteiger partial charge in [0.25, 0.3) is 5.91 Å². The quantitative estimate of drug-likeness (QED) is 0.738. The monoisotopic (exact) mass is 408 g/mol. The lowest BCUT2D eigenvalue weighted by Gasteiger charge is -2.15. The Morgan fingerprint density at radius 2 is 1.75 bits per heavy atom. The van der Waals surface area contributed by atoms with Gasteiger partial charge < -0.3 is 10.1 Å². The number of carbonyl (C=O) groups excluding carboxylic acids is 2. The molecule has 0 aliphatic carbocycles. The van der Waals surface area contributed by atoms with Crippen LogP contribution < -0.4 is 10.5 Å². The minimum atomic E-state index is -4.03. The van der Waals surface area contributed by atoms with Gasteiger partial charge in [0.15, 0.2) is 6.10 Å².